The molecule has 0 aliphatic heterocycles. The third-order valence-corrected chi connectivity index (χ3v) is 4.04. The number of aromatic nitrogens is 3. The molecule has 116 valence electrons. The van der Waals surface area contributed by atoms with Crippen molar-refractivity contribution in [2.24, 2.45) is 0 Å². The van der Waals surface area contributed by atoms with E-state index in [1.807, 2.05) is 0 Å². The van der Waals surface area contributed by atoms with Crippen molar-refractivity contribution >= 4 is 11.9 Å². The lowest BCUT2D eigenvalue weighted by molar-refractivity contribution is 0.356. The Labute approximate surface area is 129 Å². The molecule has 2 atom stereocenters. The molecule has 5 nitrogen and oxygen atoms in total. The molecule has 0 radical (unpaired) electrons. The van der Waals surface area contributed by atoms with E-state index in [0.29, 0.717) is 5.95 Å². The Balaban J connectivity index is 1.91. The molecule has 1 aromatic carbocycles. The van der Waals surface area contributed by atoms with Gasteiger partial charge in [0.15, 0.2) is 12.0 Å². The van der Waals surface area contributed by atoms with Crippen LogP contribution in [0.25, 0.3) is 0 Å². The lowest BCUT2D eigenvalue weighted by Crippen LogP contribution is -2.14. The van der Waals surface area contributed by atoms with Gasteiger partial charge >= 0.3 is 0 Å². The largest absolute Gasteiger partial charge is 0.368 e. The molecule has 3 N–H and O–H groups in total. The summed E-state index contributed by atoms with van der Waals surface area (Å²) in [5.41, 5.74) is 10.8. The summed E-state index contributed by atoms with van der Waals surface area (Å²) in [6.07, 6.45) is 0.712. The van der Waals surface area contributed by atoms with Crippen LogP contribution in [0.15, 0.2) is 12.1 Å². The number of nitrogen functional groups attached to an aromatic ring is 1. The summed E-state index contributed by atoms with van der Waals surface area (Å²) in [5, 5.41) is 3.28. The summed E-state index contributed by atoms with van der Waals surface area (Å²) >= 11 is 0. The quantitative estimate of drug-likeness (QED) is 0.910. The fraction of sp³-hybridized carbons (Fsp3) is 0.438. The van der Waals surface area contributed by atoms with Gasteiger partial charge in [0.1, 0.15) is 0 Å². The number of alkyl halides is 1. The smallest absolute Gasteiger partial charge is 0.228 e. The van der Waals surface area contributed by atoms with Crippen molar-refractivity contribution in [3.05, 3.63) is 40.2 Å². The number of aryl methyl sites for hydroxylation is 2. The average molecular weight is 301 g/mol. The van der Waals surface area contributed by atoms with Crippen LogP contribution in [-0.4, -0.2) is 15.0 Å². The summed E-state index contributed by atoms with van der Waals surface area (Å²) in [5.74, 6) is 0.438. The third kappa shape index (κ3) is 2.73. The molecular formula is C16H20FN5. The average Bonchev–Trinajstić information content (AvgIpc) is 2.81. The standard InChI is InChI=1S/C16H20FN5/c1-8-6-9(2)11-4-5-13(12(11)7-8)19-16-21-14(10(3)17)20-15(18)22-16/h6-7,10,13H,4-5H2,1-3H3,(H3,18,19,20,21,22)/t10-,13+/m1/s1. The summed E-state index contributed by atoms with van der Waals surface area (Å²) in [6, 6.07) is 4.51. The van der Waals surface area contributed by atoms with E-state index >= 15 is 0 Å². The van der Waals surface area contributed by atoms with Crippen LogP contribution < -0.4 is 11.1 Å². The van der Waals surface area contributed by atoms with Crippen LogP contribution >= 0.6 is 0 Å². The Morgan fingerprint density at radius 3 is 2.77 bits per heavy atom. The normalized spacial score (nSPS) is 18.1. The zero-order chi connectivity index (χ0) is 15.9. The molecule has 2 aromatic rings. The van der Waals surface area contributed by atoms with Gasteiger partial charge in [-0.05, 0) is 50.3 Å². The first-order valence-electron chi connectivity index (χ1n) is 7.46. The molecule has 0 fully saturated rings. The third-order valence-electron chi connectivity index (χ3n) is 4.04. The number of rotatable bonds is 3. The SMILES string of the molecule is Cc1cc(C)c2c(c1)[C@@H](Nc1nc(N)nc([C@@H](C)F)n1)CC2. The molecule has 22 heavy (non-hydrogen) atoms. The number of nitrogens with one attached hydrogen (secondary N) is 1. The van der Waals surface area contributed by atoms with Crippen LogP contribution in [0.5, 0.6) is 0 Å². The fourth-order valence-corrected chi connectivity index (χ4v) is 3.08. The molecule has 0 saturated carbocycles. The molecule has 0 saturated heterocycles. The van der Waals surface area contributed by atoms with Crippen molar-refractivity contribution in [2.75, 3.05) is 11.1 Å². The first-order valence-corrected chi connectivity index (χ1v) is 7.46. The van der Waals surface area contributed by atoms with Gasteiger partial charge < -0.3 is 11.1 Å². The number of halogens is 1. The first kappa shape index (κ1) is 14.7. The van der Waals surface area contributed by atoms with Crippen LogP contribution in [0.3, 0.4) is 0 Å². The molecule has 1 heterocycles. The molecule has 1 aromatic heterocycles. The van der Waals surface area contributed by atoms with E-state index in [9.17, 15) is 4.39 Å². The molecule has 1 aliphatic carbocycles. The second-order valence-corrected chi connectivity index (χ2v) is 5.88. The van der Waals surface area contributed by atoms with Crippen LogP contribution in [0, 0.1) is 13.8 Å². The van der Waals surface area contributed by atoms with Gasteiger partial charge in [-0.2, -0.15) is 15.0 Å². The number of hydrogen-bond donors (Lipinski definition) is 2. The molecule has 0 bridgehead atoms. The minimum absolute atomic E-state index is 0.0376. The molecule has 3 rings (SSSR count). The van der Waals surface area contributed by atoms with E-state index < -0.39 is 6.17 Å². The monoisotopic (exact) mass is 301 g/mol. The second-order valence-electron chi connectivity index (χ2n) is 5.88. The van der Waals surface area contributed by atoms with Gasteiger partial charge in [-0.25, -0.2) is 4.39 Å². The number of nitrogens with two attached hydrogens (primary N) is 1. The predicted octanol–water partition coefficient (Wildman–Crippen LogP) is 3.20. The lowest BCUT2D eigenvalue weighted by atomic mass is 10.00. The first-order chi connectivity index (χ1) is 10.4. The van der Waals surface area contributed by atoms with Crippen molar-refractivity contribution in [3.63, 3.8) is 0 Å². The summed E-state index contributed by atoms with van der Waals surface area (Å²) < 4.78 is 13.4. The van der Waals surface area contributed by atoms with Crippen molar-refractivity contribution in [3.8, 4) is 0 Å². The molecule has 0 amide bonds. The highest BCUT2D eigenvalue weighted by molar-refractivity contribution is 5.47. The van der Waals surface area contributed by atoms with Crippen molar-refractivity contribution in [1.82, 2.24) is 15.0 Å². The van der Waals surface area contributed by atoms with E-state index in [0.717, 1.165) is 12.8 Å². The van der Waals surface area contributed by atoms with Gasteiger partial charge in [0.05, 0.1) is 6.04 Å². The minimum Gasteiger partial charge on any atom is -0.368 e. The Kier molecular flexibility index (Phi) is 3.68. The number of anilines is 2. The highest BCUT2D eigenvalue weighted by Gasteiger charge is 2.25. The van der Waals surface area contributed by atoms with Crippen LogP contribution in [-0.2, 0) is 6.42 Å². The Bertz CT molecular complexity index is 714. The van der Waals surface area contributed by atoms with Crippen LogP contribution in [0.4, 0.5) is 16.3 Å². The maximum atomic E-state index is 13.4. The van der Waals surface area contributed by atoms with E-state index in [-0.39, 0.29) is 17.8 Å². The zero-order valence-electron chi connectivity index (χ0n) is 13.0. The van der Waals surface area contributed by atoms with E-state index in [1.165, 1.54) is 29.2 Å². The lowest BCUT2D eigenvalue weighted by Gasteiger charge is -2.16. The van der Waals surface area contributed by atoms with Gasteiger partial charge in [-0.3, -0.25) is 0 Å². The number of fused-ring (bicyclic) bond motifs is 1. The fourth-order valence-electron chi connectivity index (χ4n) is 3.08. The Morgan fingerprint density at radius 1 is 1.27 bits per heavy atom. The topological polar surface area (TPSA) is 76.7 Å². The molecule has 1 aliphatic rings. The summed E-state index contributed by atoms with van der Waals surface area (Å²) in [6.45, 7) is 5.61. The zero-order valence-corrected chi connectivity index (χ0v) is 13.0. The summed E-state index contributed by atoms with van der Waals surface area (Å²) in [4.78, 5) is 12.0. The van der Waals surface area contributed by atoms with E-state index in [1.54, 1.807) is 0 Å². The van der Waals surface area contributed by atoms with Gasteiger partial charge in [-0.15, -0.1) is 0 Å². The molecule has 6 heteroatoms. The van der Waals surface area contributed by atoms with Gasteiger partial charge in [0.25, 0.3) is 0 Å². The van der Waals surface area contributed by atoms with Gasteiger partial charge in [-0.1, -0.05) is 17.7 Å². The van der Waals surface area contributed by atoms with E-state index in [4.69, 9.17) is 5.73 Å². The predicted molar refractivity (Wildman–Crippen MR) is 84.4 cm³/mol. The maximum absolute atomic E-state index is 13.4. The van der Waals surface area contributed by atoms with E-state index in [2.05, 4.69) is 46.2 Å². The maximum Gasteiger partial charge on any atom is 0.228 e. The minimum atomic E-state index is -1.27. The molecular weight excluding hydrogens is 281 g/mol. The van der Waals surface area contributed by atoms with Crippen molar-refractivity contribution in [1.29, 1.82) is 0 Å². The Hall–Kier alpha value is -2.24. The van der Waals surface area contributed by atoms with Crippen molar-refractivity contribution in [2.45, 2.75) is 45.8 Å². The number of benzene rings is 1. The van der Waals surface area contributed by atoms with Crippen LogP contribution in [0.1, 0.15) is 53.6 Å². The van der Waals surface area contributed by atoms with Crippen molar-refractivity contribution < 1.29 is 4.39 Å². The Morgan fingerprint density at radius 2 is 2.05 bits per heavy atom. The molecule has 0 spiro atoms. The number of nitrogens with zero attached hydrogens (tertiary/aromatic N) is 3. The molecule has 0 unspecified atom stereocenters. The highest BCUT2D eigenvalue weighted by atomic mass is 19.1. The highest BCUT2D eigenvalue weighted by Crippen LogP contribution is 2.36. The van der Waals surface area contributed by atoms with Gasteiger partial charge in [0.2, 0.25) is 11.9 Å². The second kappa shape index (κ2) is 5.51. The van der Waals surface area contributed by atoms with Gasteiger partial charge in [0, 0.05) is 0 Å². The number of hydrogen-bond acceptors (Lipinski definition) is 5. The van der Waals surface area contributed by atoms with Crippen LogP contribution in [0.2, 0.25) is 0 Å². The summed E-state index contributed by atoms with van der Waals surface area (Å²) in [7, 11) is 0.